The first-order valence-electron chi connectivity index (χ1n) is 7.54. The minimum Gasteiger partial charge on any atom is -0.512 e. The molecule has 2 aromatic rings. The van der Waals surface area contributed by atoms with E-state index in [9.17, 15) is 4.79 Å². The second kappa shape index (κ2) is 8.73. The third-order valence-corrected chi connectivity index (χ3v) is 3.40. The van der Waals surface area contributed by atoms with Gasteiger partial charge < -0.3 is 19.4 Å². The molecular formula is C17H17BN2O5. The van der Waals surface area contributed by atoms with E-state index in [2.05, 4.69) is 5.32 Å². The van der Waals surface area contributed by atoms with E-state index in [0.717, 1.165) is 11.1 Å². The predicted octanol–water partition coefficient (Wildman–Crippen LogP) is 2.01. The van der Waals surface area contributed by atoms with E-state index >= 15 is 0 Å². The van der Waals surface area contributed by atoms with Gasteiger partial charge in [0, 0.05) is 12.1 Å². The topological polar surface area (TPSA) is 112 Å². The quantitative estimate of drug-likeness (QED) is 0.694. The Morgan fingerprint density at radius 2 is 2.08 bits per heavy atom. The molecule has 2 rings (SSSR count). The van der Waals surface area contributed by atoms with Crippen molar-refractivity contribution >= 4 is 19.1 Å². The number of nitrogens with one attached hydrogen (secondary N) is 1. The maximum Gasteiger partial charge on any atom is 0.707 e. The zero-order valence-corrected chi connectivity index (χ0v) is 13.6. The van der Waals surface area contributed by atoms with Gasteiger partial charge in [-0.2, -0.15) is 5.26 Å². The lowest BCUT2D eigenvalue weighted by Gasteiger charge is -2.11. The molecule has 8 heteroatoms. The number of anilines is 1. The Labute approximate surface area is 145 Å². The summed E-state index contributed by atoms with van der Waals surface area (Å²) in [6.45, 7) is 2.02. The summed E-state index contributed by atoms with van der Waals surface area (Å²) in [5.41, 5.74) is 2.76. The van der Waals surface area contributed by atoms with E-state index in [1.165, 1.54) is 0 Å². The highest BCUT2D eigenvalue weighted by molar-refractivity contribution is 6.33. The molecule has 0 bridgehead atoms. The first kappa shape index (κ1) is 18.3. The largest absolute Gasteiger partial charge is 0.707 e. The summed E-state index contributed by atoms with van der Waals surface area (Å²) in [5, 5.41) is 28.9. The van der Waals surface area contributed by atoms with Crippen LogP contribution in [0.2, 0.25) is 0 Å². The van der Waals surface area contributed by atoms with Crippen molar-refractivity contribution in [1.82, 2.24) is 0 Å². The molecule has 128 valence electrons. The molecule has 0 unspecified atom stereocenters. The number of ether oxygens (including phenoxy) is 1. The standard InChI is InChI=1S/C17H17BN2O5/c1-12-9-16(25-18(22)23)6-5-14(12)7-8-24-17(21)20-15-4-2-3-13(10-15)11-19/h2-6,9-10,22-23H,7-8H2,1H3,(H,20,21). The van der Waals surface area contributed by atoms with Crippen LogP contribution in [-0.4, -0.2) is 30.1 Å². The summed E-state index contributed by atoms with van der Waals surface area (Å²) in [6.07, 6.45) is -0.101. The molecule has 25 heavy (non-hydrogen) atoms. The molecule has 2 aromatic carbocycles. The fourth-order valence-corrected chi connectivity index (χ4v) is 2.22. The Balaban J connectivity index is 1.83. The third-order valence-electron chi connectivity index (χ3n) is 3.40. The van der Waals surface area contributed by atoms with Gasteiger partial charge in [0.25, 0.3) is 0 Å². The fourth-order valence-electron chi connectivity index (χ4n) is 2.22. The number of benzene rings is 2. The van der Waals surface area contributed by atoms with Gasteiger partial charge in [0.05, 0.1) is 18.2 Å². The smallest absolute Gasteiger partial charge is 0.512 e. The van der Waals surface area contributed by atoms with Crippen LogP contribution in [0.3, 0.4) is 0 Å². The molecule has 0 heterocycles. The number of amides is 1. The second-order valence-corrected chi connectivity index (χ2v) is 5.24. The van der Waals surface area contributed by atoms with Crippen LogP contribution in [0, 0.1) is 18.3 Å². The minimum atomic E-state index is -1.86. The molecule has 0 saturated heterocycles. The average Bonchev–Trinajstić information content (AvgIpc) is 2.56. The minimum absolute atomic E-state index is 0.174. The molecular weight excluding hydrogens is 323 g/mol. The Hall–Kier alpha value is -3.02. The highest BCUT2D eigenvalue weighted by atomic mass is 16.6. The van der Waals surface area contributed by atoms with E-state index < -0.39 is 13.4 Å². The van der Waals surface area contributed by atoms with Crippen LogP contribution in [0.1, 0.15) is 16.7 Å². The van der Waals surface area contributed by atoms with Crippen molar-refractivity contribution in [1.29, 1.82) is 5.26 Å². The highest BCUT2D eigenvalue weighted by Crippen LogP contribution is 2.18. The van der Waals surface area contributed by atoms with Crippen LogP contribution in [0.5, 0.6) is 5.75 Å². The number of nitriles is 1. The first-order chi connectivity index (χ1) is 12.0. The molecule has 0 aromatic heterocycles. The maximum atomic E-state index is 11.8. The Bertz CT molecular complexity index is 789. The van der Waals surface area contributed by atoms with Crippen LogP contribution in [0.4, 0.5) is 10.5 Å². The van der Waals surface area contributed by atoms with Crippen molar-refractivity contribution in [2.75, 3.05) is 11.9 Å². The molecule has 0 spiro atoms. The lowest BCUT2D eigenvalue weighted by molar-refractivity contribution is 0.163. The lowest BCUT2D eigenvalue weighted by atomic mass is 10.1. The van der Waals surface area contributed by atoms with E-state index in [4.69, 9.17) is 24.7 Å². The zero-order valence-electron chi connectivity index (χ0n) is 13.6. The SMILES string of the molecule is Cc1cc(OB(O)O)ccc1CCOC(=O)Nc1cccc(C#N)c1. The molecule has 0 fully saturated rings. The Morgan fingerprint density at radius 3 is 2.76 bits per heavy atom. The van der Waals surface area contributed by atoms with Gasteiger partial charge in [-0.3, -0.25) is 5.32 Å². The first-order valence-corrected chi connectivity index (χ1v) is 7.54. The molecule has 1 amide bonds. The predicted molar refractivity (Wildman–Crippen MR) is 91.8 cm³/mol. The van der Waals surface area contributed by atoms with E-state index in [1.807, 2.05) is 13.0 Å². The number of nitrogens with zero attached hydrogens (tertiary/aromatic N) is 1. The summed E-state index contributed by atoms with van der Waals surface area (Å²) in [4.78, 5) is 11.8. The molecule has 0 aliphatic heterocycles. The van der Waals surface area contributed by atoms with E-state index in [0.29, 0.717) is 23.4 Å². The molecule has 0 atom stereocenters. The van der Waals surface area contributed by atoms with Crippen LogP contribution >= 0.6 is 0 Å². The molecule has 7 nitrogen and oxygen atoms in total. The van der Waals surface area contributed by atoms with Crippen molar-refractivity contribution in [3.05, 3.63) is 59.2 Å². The van der Waals surface area contributed by atoms with Gasteiger partial charge in [-0.25, -0.2) is 4.79 Å². The average molecular weight is 340 g/mol. The maximum absolute atomic E-state index is 11.8. The summed E-state index contributed by atoms with van der Waals surface area (Å²) >= 11 is 0. The zero-order chi connectivity index (χ0) is 18.2. The number of rotatable bonds is 6. The molecule has 3 N–H and O–H groups in total. The van der Waals surface area contributed by atoms with Crippen molar-refractivity contribution in [3.63, 3.8) is 0 Å². The molecule has 0 aliphatic carbocycles. The number of carbonyl (C=O) groups excluding carboxylic acids is 1. The van der Waals surface area contributed by atoms with Crippen LogP contribution in [-0.2, 0) is 11.2 Å². The molecule has 0 radical (unpaired) electrons. The summed E-state index contributed by atoms with van der Waals surface area (Å²) in [6, 6.07) is 13.6. The van der Waals surface area contributed by atoms with Gasteiger partial charge in [-0.15, -0.1) is 0 Å². The van der Waals surface area contributed by atoms with Crippen molar-refractivity contribution in [2.45, 2.75) is 13.3 Å². The monoisotopic (exact) mass is 340 g/mol. The van der Waals surface area contributed by atoms with E-state index in [-0.39, 0.29) is 6.61 Å². The number of carbonyl (C=O) groups is 1. The summed E-state index contributed by atoms with van der Waals surface area (Å²) < 4.78 is 9.90. The third kappa shape index (κ3) is 5.84. The Morgan fingerprint density at radius 1 is 1.28 bits per heavy atom. The molecule has 0 saturated carbocycles. The van der Waals surface area contributed by atoms with Crippen LogP contribution < -0.4 is 9.97 Å². The van der Waals surface area contributed by atoms with Gasteiger partial charge in [-0.1, -0.05) is 12.1 Å². The normalized spacial score (nSPS) is 9.84. The van der Waals surface area contributed by atoms with Gasteiger partial charge in [0.15, 0.2) is 0 Å². The van der Waals surface area contributed by atoms with Gasteiger partial charge in [-0.05, 0) is 48.4 Å². The number of aryl methyl sites for hydroxylation is 1. The number of hydrogen-bond acceptors (Lipinski definition) is 6. The molecule has 0 aliphatic rings. The fraction of sp³-hybridized carbons (Fsp3) is 0.176. The van der Waals surface area contributed by atoms with Gasteiger partial charge >= 0.3 is 13.4 Å². The van der Waals surface area contributed by atoms with Crippen LogP contribution in [0.15, 0.2) is 42.5 Å². The Kier molecular flexibility index (Phi) is 6.40. The van der Waals surface area contributed by atoms with Crippen molar-refractivity contribution in [3.8, 4) is 11.8 Å². The second-order valence-electron chi connectivity index (χ2n) is 5.24. The highest BCUT2D eigenvalue weighted by Gasteiger charge is 2.12. The van der Waals surface area contributed by atoms with Crippen molar-refractivity contribution < 1.29 is 24.2 Å². The van der Waals surface area contributed by atoms with E-state index in [1.54, 1.807) is 42.5 Å². The van der Waals surface area contributed by atoms with Gasteiger partial charge in [0.2, 0.25) is 0 Å². The lowest BCUT2D eigenvalue weighted by Crippen LogP contribution is -2.20. The summed E-state index contributed by atoms with van der Waals surface area (Å²) in [5.74, 6) is 0.340. The van der Waals surface area contributed by atoms with Crippen LogP contribution in [0.25, 0.3) is 0 Å². The van der Waals surface area contributed by atoms with Gasteiger partial charge in [0.1, 0.15) is 5.75 Å². The number of hydrogen-bond donors (Lipinski definition) is 3. The summed E-state index contributed by atoms with van der Waals surface area (Å²) in [7, 11) is -1.86. The van der Waals surface area contributed by atoms with Crippen molar-refractivity contribution in [2.24, 2.45) is 0 Å².